The fourth-order valence-corrected chi connectivity index (χ4v) is 3.11. The molecule has 0 saturated heterocycles. The molecule has 6 heteroatoms. The van der Waals surface area contributed by atoms with Gasteiger partial charge in [0.05, 0.1) is 4.90 Å². The minimum Gasteiger partial charge on any atom is -0.350 e. The van der Waals surface area contributed by atoms with Crippen molar-refractivity contribution in [1.82, 2.24) is 5.32 Å². The Labute approximate surface area is 124 Å². The van der Waals surface area contributed by atoms with E-state index in [9.17, 15) is 13.2 Å². The van der Waals surface area contributed by atoms with E-state index in [-0.39, 0.29) is 16.8 Å². The molecule has 1 amide bonds. The first-order chi connectivity index (χ1) is 9.25. The normalized spacial score (nSPS) is 13.0. The minimum atomic E-state index is -3.84. The molecule has 0 aromatic heterocycles. The highest BCUT2D eigenvalue weighted by Crippen LogP contribution is 2.21. The summed E-state index contributed by atoms with van der Waals surface area (Å²) in [5.41, 5.74) is 0.828. The van der Waals surface area contributed by atoms with E-state index in [0.29, 0.717) is 11.1 Å². The van der Waals surface area contributed by atoms with Crippen molar-refractivity contribution >= 4 is 25.6 Å². The molecular weight excluding hydrogens is 298 g/mol. The standard InChI is InChI=1S/C14H20ClNO3S/c1-4-5-6-11(3)16-14(17)12-8-7-10(2)13(9-12)20(15,18)19/h7-9,11H,4-6H2,1-3H3,(H,16,17). The highest BCUT2D eigenvalue weighted by molar-refractivity contribution is 8.13. The van der Waals surface area contributed by atoms with Crippen LogP contribution >= 0.6 is 10.7 Å². The first kappa shape index (κ1) is 17.0. The van der Waals surface area contributed by atoms with Crippen LogP contribution in [0, 0.1) is 6.92 Å². The molecule has 0 fully saturated rings. The lowest BCUT2D eigenvalue weighted by molar-refractivity contribution is 0.0937. The number of hydrogen-bond acceptors (Lipinski definition) is 3. The molecule has 4 nitrogen and oxygen atoms in total. The predicted molar refractivity (Wildman–Crippen MR) is 80.7 cm³/mol. The van der Waals surface area contributed by atoms with Crippen molar-refractivity contribution in [3.63, 3.8) is 0 Å². The van der Waals surface area contributed by atoms with Gasteiger partial charge in [0.1, 0.15) is 0 Å². The van der Waals surface area contributed by atoms with Crippen molar-refractivity contribution in [2.45, 2.75) is 51.0 Å². The number of rotatable bonds is 6. The Balaban J connectivity index is 2.90. The molecule has 1 N–H and O–H groups in total. The molecule has 0 aliphatic heterocycles. The Morgan fingerprint density at radius 3 is 2.60 bits per heavy atom. The number of halogens is 1. The molecule has 1 aromatic carbocycles. The van der Waals surface area contributed by atoms with Crippen molar-refractivity contribution in [3.05, 3.63) is 29.3 Å². The average Bonchev–Trinajstić information content (AvgIpc) is 2.35. The largest absolute Gasteiger partial charge is 0.350 e. The smallest absolute Gasteiger partial charge is 0.261 e. The molecule has 112 valence electrons. The van der Waals surface area contributed by atoms with Gasteiger partial charge in [-0.05, 0) is 38.0 Å². The lowest BCUT2D eigenvalue weighted by Gasteiger charge is -2.14. The summed E-state index contributed by atoms with van der Waals surface area (Å²) in [6.45, 7) is 5.66. The van der Waals surface area contributed by atoms with Crippen molar-refractivity contribution in [3.8, 4) is 0 Å². The van der Waals surface area contributed by atoms with Crippen LogP contribution in [-0.4, -0.2) is 20.4 Å². The van der Waals surface area contributed by atoms with E-state index < -0.39 is 9.05 Å². The molecule has 1 aromatic rings. The van der Waals surface area contributed by atoms with Crippen LogP contribution in [0.25, 0.3) is 0 Å². The molecular formula is C14H20ClNO3S. The number of carbonyl (C=O) groups is 1. The van der Waals surface area contributed by atoms with E-state index in [1.807, 2.05) is 6.92 Å². The van der Waals surface area contributed by atoms with Crippen molar-refractivity contribution in [2.75, 3.05) is 0 Å². The zero-order valence-electron chi connectivity index (χ0n) is 11.9. The number of benzene rings is 1. The summed E-state index contributed by atoms with van der Waals surface area (Å²) in [6, 6.07) is 4.56. The van der Waals surface area contributed by atoms with E-state index in [1.54, 1.807) is 19.1 Å². The molecule has 1 atom stereocenters. The number of carbonyl (C=O) groups excluding carboxylic acids is 1. The van der Waals surface area contributed by atoms with E-state index >= 15 is 0 Å². The Morgan fingerprint density at radius 1 is 1.40 bits per heavy atom. The van der Waals surface area contributed by atoms with Crippen molar-refractivity contribution in [2.24, 2.45) is 0 Å². The fourth-order valence-electron chi connectivity index (χ4n) is 1.89. The number of hydrogen-bond donors (Lipinski definition) is 1. The monoisotopic (exact) mass is 317 g/mol. The summed E-state index contributed by atoms with van der Waals surface area (Å²) in [4.78, 5) is 12.0. The molecule has 0 heterocycles. The fraction of sp³-hybridized carbons (Fsp3) is 0.500. The summed E-state index contributed by atoms with van der Waals surface area (Å²) < 4.78 is 22.9. The van der Waals surface area contributed by atoms with Crippen molar-refractivity contribution in [1.29, 1.82) is 0 Å². The van der Waals surface area contributed by atoms with Crippen LogP contribution in [0.5, 0.6) is 0 Å². The van der Waals surface area contributed by atoms with Gasteiger partial charge in [0.2, 0.25) is 0 Å². The molecule has 0 spiro atoms. The van der Waals surface area contributed by atoms with E-state index in [0.717, 1.165) is 19.3 Å². The Morgan fingerprint density at radius 2 is 2.05 bits per heavy atom. The highest BCUT2D eigenvalue weighted by Gasteiger charge is 2.17. The van der Waals surface area contributed by atoms with Crippen molar-refractivity contribution < 1.29 is 13.2 Å². The Bertz CT molecular complexity index is 584. The van der Waals surface area contributed by atoms with Crippen LogP contribution in [0.15, 0.2) is 23.1 Å². The van der Waals surface area contributed by atoms with Gasteiger partial charge in [-0.15, -0.1) is 0 Å². The molecule has 1 rings (SSSR count). The van der Waals surface area contributed by atoms with E-state index in [4.69, 9.17) is 10.7 Å². The van der Waals surface area contributed by atoms with Crippen LogP contribution in [0.3, 0.4) is 0 Å². The quantitative estimate of drug-likeness (QED) is 0.819. The van der Waals surface area contributed by atoms with Gasteiger partial charge >= 0.3 is 0 Å². The van der Waals surface area contributed by atoms with Crippen LogP contribution in [0.4, 0.5) is 0 Å². The van der Waals surface area contributed by atoms with Gasteiger partial charge in [-0.1, -0.05) is 25.8 Å². The van der Waals surface area contributed by atoms with Crippen LogP contribution < -0.4 is 5.32 Å². The second-order valence-corrected chi connectivity index (χ2v) is 7.47. The van der Waals surface area contributed by atoms with Gasteiger partial charge in [0.25, 0.3) is 15.0 Å². The van der Waals surface area contributed by atoms with Crippen LogP contribution in [0.1, 0.15) is 49.0 Å². The lowest BCUT2D eigenvalue weighted by Crippen LogP contribution is -2.32. The summed E-state index contributed by atoms with van der Waals surface area (Å²) in [5.74, 6) is -0.282. The van der Waals surface area contributed by atoms with E-state index in [1.165, 1.54) is 6.07 Å². The van der Waals surface area contributed by atoms with Gasteiger partial charge in [-0.3, -0.25) is 4.79 Å². The Kier molecular flexibility index (Phi) is 6.02. The maximum atomic E-state index is 12.1. The number of amides is 1. The lowest BCUT2D eigenvalue weighted by atomic mass is 10.1. The third-order valence-electron chi connectivity index (χ3n) is 3.08. The first-order valence-electron chi connectivity index (χ1n) is 6.62. The van der Waals surface area contributed by atoms with Gasteiger partial charge in [-0.2, -0.15) is 0 Å². The van der Waals surface area contributed by atoms with Gasteiger partial charge in [-0.25, -0.2) is 8.42 Å². The molecule has 0 radical (unpaired) electrons. The summed E-state index contributed by atoms with van der Waals surface area (Å²) >= 11 is 0. The summed E-state index contributed by atoms with van der Waals surface area (Å²) in [7, 11) is 1.52. The number of unbranched alkanes of at least 4 members (excludes halogenated alkanes) is 1. The number of aryl methyl sites for hydroxylation is 1. The molecule has 0 bridgehead atoms. The van der Waals surface area contributed by atoms with Gasteiger partial charge in [0, 0.05) is 22.3 Å². The van der Waals surface area contributed by atoms with Gasteiger partial charge < -0.3 is 5.32 Å². The second-order valence-electron chi connectivity index (χ2n) is 4.93. The molecule has 0 saturated carbocycles. The first-order valence-corrected chi connectivity index (χ1v) is 8.92. The number of nitrogens with one attached hydrogen (secondary N) is 1. The topological polar surface area (TPSA) is 63.2 Å². The maximum Gasteiger partial charge on any atom is 0.261 e. The van der Waals surface area contributed by atoms with Crippen LogP contribution in [-0.2, 0) is 9.05 Å². The van der Waals surface area contributed by atoms with E-state index in [2.05, 4.69) is 12.2 Å². The zero-order valence-corrected chi connectivity index (χ0v) is 13.5. The third kappa shape index (κ3) is 4.80. The maximum absolute atomic E-state index is 12.1. The minimum absolute atomic E-state index is 0.0203. The summed E-state index contributed by atoms with van der Waals surface area (Å²) in [5, 5.41) is 2.85. The molecule has 0 aliphatic carbocycles. The third-order valence-corrected chi connectivity index (χ3v) is 4.55. The molecule has 20 heavy (non-hydrogen) atoms. The Hall–Kier alpha value is -1.07. The summed E-state index contributed by atoms with van der Waals surface area (Å²) in [6.07, 6.45) is 3.00. The van der Waals surface area contributed by atoms with Gasteiger partial charge in [0.15, 0.2) is 0 Å². The SMILES string of the molecule is CCCCC(C)NC(=O)c1ccc(C)c(S(=O)(=O)Cl)c1. The van der Waals surface area contributed by atoms with Crippen LogP contribution in [0.2, 0.25) is 0 Å². The average molecular weight is 318 g/mol. The zero-order chi connectivity index (χ0) is 15.3. The molecule has 0 aliphatic rings. The predicted octanol–water partition coefficient (Wildman–Crippen LogP) is 3.23. The molecule has 1 unspecified atom stereocenters. The second kappa shape index (κ2) is 7.09. The highest BCUT2D eigenvalue weighted by atomic mass is 35.7.